The van der Waals surface area contributed by atoms with Crippen molar-refractivity contribution in [2.75, 3.05) is 11.9 Å². The van der Waals surface area contributed by atoms with Crippen LogP contribution < -0.4 is 10.6 Å². The van der Waals surface area contributed by atoms with E-state index in [1.54, 1.807) is 12.3 Å². The molecule has 8 heteroatoms. The van der Waals surface area contributed by atoms with Gasteiger partial charge in [-0.3, -0.25) is 15.3 Å². The summed E-state index contributed by atoms with van der Waals surface area (Å²) in [6.45, 7) is 2.31. The number of amides is 2. The Bertz CT molecular complexity index is 1340. The molecular formula is C23H19FN6O. The van der Waals surface area contributed by atoms with Gasteiger partial charge >= 0.3 is 6.03 Å². The van der Waals surface area contributed by atoms with Gasteiger partial charge in [-0.25, -0.2) is 14.2 Å². The lowest BCUT2D eigenvalue weighted by atomic mass is 9.99. The number of urea groups is 1. The number of benzene rings is 1. The molecule has 4 aromatic rings. The molecule has 3 heterocycles. The fourth-order valence-corrected chi connectivity index (χ4v) is 3.70. The number of rotatable bonds is 4. The van der Waals surface area contributed by atoms with Crippen LogP contribution in [0, 0.1) is 5.82 Å². The van der Waals surface area contributed by atoms with Crippen molar-refractivity contribution in [1.82, 2.24) is 25.3 Å². The number of aromatic amines is 1. The van der Waals surface area contributed by atoms with Gasteiger partial charge in [0.05, 0.1) is 11.2 Å². The zero-order chi connectivity index (χ0) is 21.4. The number of imidazole rings is 1. The van der Waals surface area contributed by atoms with E-state index in [0.29, 0.717) is 23.1 Å². The van der Waals surface area contributed by atoms with Crippen molar-refractivity contribution in [2.24, 2.45) is 0 Å². The summed E-state index contributed by atoms with van der Waals surface area (Å²) in [5, 5.41) is 5.32. The number of halogens is 1. The van der Waals surface area contributed by atoms with Crippen LogP contribution in [0.3, 0.4) is 0 Å². The van der Waals surface area contributed by atoms with Gasteiger partial charge in [0.25, 0.3) is 0 Å². The highest BCUT2D eigenvalue weighted by molar-refractivity contribution is 5.98. The van der Waals surface area contributed by atoms with Crippen LogP contribution in [0.5, 0.6) is 0 Å². The van der Waals surface area contributed by atoms with Crippen LogP contribution in [-0.2, 0) is 6.42 Å². The number of carbonyl (C=O) groups is 1. The van der Waals surface area contributed by atoms with Gasteiger partial charge in [0, 0.05) is 36.5 Å². The van der Waals surface area contributed by atoms with E-state index in [-0.39, 0.29) is 17.7 Å². The third kappa shape index (κ3) is 3.52. The number of nitrogens with one attached hydrogen (secondary N) is 3. The van der Waals surface area contributed by atoms with Gasteiger partial charge in [0.15, 0.2) is 0 Å². The lowest BCUT2D eigenvalue weighted by molar-refractivity contribution is 0.252. The van der Waals surface area contributed by atoms with E-state index in [1.165, 1.54) is 6.07 Å². The van der Waals surface area contributed by atoms with E-state index in [4.69, 9.17) is 0 Å². The number of hydrogen-bond donors (Lipinski definition) is 3. The van der Waals surface area contributed by atoms with Gasteiger partial charge in [0.2, 0.25) is 5.95 Å². The first-order valence-corrected chi connectivity index (χ1v) is 9.97. The number of carbonyl (C=O) groups excluding carboxylic acids is 1. The third-order valence-corrected chi connectivity index (χ3v) is 5.12. The Hall–Kier alpha value is -4.07. The van der Waals surface area contributed by atoms with Crippen LogP contribution in [-0.4, -0.2) is 32.5 Å². The zero-order valence-corrected chi connectivity index (χ0v) is 16.7. The monoisotopic (exact) mass is 414 g/mol. The molecule has 2 amide bonds. The number of fused-ring (bicyclic) bond motifs is 2. The van der Waals surface area contributed by atoms with Crippen LogP contribution in [0.25, 0.3) is 39.5 Å². The van der Waals surface area contributed by atoms with Crippen LogP contribution in [0.4, 0.5) is 15.1 Å². The normalized spacial score (nSPS) is 12.2. The molecule has 0 unspecified atom stereocenters. The summed E-state index contributed by atoms with van der Waals surface area (Å²) in [5.41, 5.74) is 5.75. The van der Waals surface area contributed by atoms with Crippen LogP contribution in [0.1, 0.15) is 18.2 Å². The fourth-order valence-electron chi connectivity index (χ4n) is 3.70. The molecule has 0 atom stereocenters. The minimum atomic E-state index is -0.447. The second kappa shape index (κ2) is 7.64. The molecule has 1 aliphatic carbocycles. The van der Waals surface area contributed by atoms with Crippen molar-refractivity contribution in [3.63, 3.8) is 0 Å². The molecule has 154 valence electrons. The van der Waals surface area contributed by atoms with Gasteiger partial charge in [-0.05, 0) is 48.4 Å². The van der Waals surface area contributed by atoms with Crippen molar-refractivity contribution in [1.29, 1.82) is 0 Å². The van der Waals surface area contributed by atoms with Crippen LogP contribution in [0.15, 0.2) is 48.8 Å². The highest BCUT2D eigenvalue weighted by atomic mass is 19.1. The summed E-state index contributed by atoms with van der Waals surface area (Å²) in [6.07, 6.45) is 8.31. The van der Waals surface area contributed by atoms with E-state index < -0.39 is 5.82 Å². The summed E-state index contributed by atoms with van der Waals surface area (Å²) in [6, 6.07) is 8.37. The number of allylic oxidation sites excluding steroid dienone is 1. The van der Waals surface area contributed by atoms with E-state index in [1.807, 2.05) is 31.3 Å². The predicted octanol–water partition coefficient (Wildman–Crippen LogP) is 4.54. The summed E-state index contributed by atoms with van der Waals surface area (Å²) < 4.78 is 14.6. The maximum atomic E-state index is 14.6. The quantitative estimate of drug-likeness (QED) is 0.457. The molecule has 0 saturated carbocycles. The van der Waals surface area contributed by atoms with Crippen molar-refractivity contribution < 1.29 is 9.18 Å². The topological polar surface area (TPSA) is 95.6 Å². The first kappa shape index (κ1) is 18.9. The Morgan fingerprint density at radius 2 is 2.13 bits per heavy atom. The molecule has 3 aromatic heterocycles. The molecular weight excluding hydrogens is 395 g/mol. The van der Waals surface area contributed by atoms with Gasteiger partial charge < -0.3 is 10.3 Å². The van der Waals surface area contributed by atoms with E-state index >= 15 is 0 Å². The summed E-state index contributed by atoms with van der Waals surface area (Å²) >= 11 is 0. The standard InChI is InChI=1S/C23H19FN6O/c1-2-25-23(31)30-22-28-19-11-14(15-9-13-5-3-7-18(13)27-12-15)10-16(21(19)29-22)20-17(24)6-4-8-26-20/h3-6,8-12H,2,7H2,1H3,(H3,25,28,29,30,31). The lowest BCUT2D eigenvalue weighted by Gasteiger charge is -2.09. The molecule has 0 aliphatic heterocycles. The SMILES string of the molecule is CCNC(=O)Nc1nc2c(-c3ncccc3F)cc(-c3cnc4c(c3)C=CC4)cc2[nH]1. The van der Waals surface area contributed by atoms with Gasteiger partial charge in [0.1, 0.15) is 17.0 Å². The Balaban J connectivity index is 1.68. The Morgan fingerprint density at radius 1 is 1.23 bits per heavy atom. The Kier molecular flexibility index (Phi) is 4.66. The number of pyridine rings is 2. The molecule has 0 radical (unpaired) electrons. The minimum Gasteiger partial charge on any atom is -0.338 e. The average Bonchev–Trinajstić information content (AvgIpc) is 3.39. The van der Waals surface area contributed by atoms with Gasteiger partial charge in [-0.15, -0.1) is 0 Å². The van der Waals surface area contributed by atoms with Gasteiger partial charge in [-0.2, -0.15) is 0 Å². The summed E-state index contributed by atoms with van der Waals surface area (Å²) in [7, 11) is 0. The molecule has 0 bridgehead atoms. The van der Waals surface area contributed by atoms with E-state index in [0.717, 1.165) is 28.8 Å². The molecule has 1 aliphatic rings. The second-order valence-electron chi connectivity index (χ2n) is 7.19. The minimum absolute atomic E-state index is 0.194. The summed E-state index contributed by atoms with van der Waals surface area (Å²) in [5.74, 6) is -0.178. The number of anilines is 1. The smallest absolute Gasteiger partial charge is 0.321 e. The number of nitrogens with zero attached hydrogens (tertiary/aromatic N) is 3. The number of H-pyrrole nitrogens is 1. The number of hydrogen-bond acceptors (Lipinski definition) is 4. The molecule has 5 rings (SSSR count). The highest BCUT2D eigenvalue weighted by Crippen LogP contribution is 2.35. The van der Waals surface area contributed by atoms with Crippen molar-refractivity contribution in [3.8, 4) is 22.4 Å². The van der Waals surface area contributed by atoms with Crippen molar-refractivity contribution in [2.45, 2.75) is 13.3 Å². The maximum absolute atomic E-state index is 14.6. The average molecular weight is 414 g/mol. The Morgan fingerprint density at radius 3 is 2.97 bits per heavy atom. The number of aromatic nitrogens is 4. The van der Waals surface area contributed by atoms with E-state index in [2.05, 4.69) is 42.7 Å². The molecule has 0 fully saturated rings. The first-order chi connectivity index (χ1) is 15.1. The second-order valence-corrected chi connectivity index (χ2v) is 7.19. The van der Waals surface area contributed by atoms with E-state index in [9.17, 15) is 9.18 Å². The summed E-state index contributed by atoms with van der Waals surface area (Å²) in [4.78, 5) is 28.3. The van der Waals surface area contributed by atoms with Crippen molar-refractivity contribution in [3.05, 3.63) is 65.9 Å². The fraction of sp³-hybridized carbons (Fsp3) is 0.130. The molecule has 3 N–H and O–H groups in total. The third-order valence-electron chi connectivity index (χ3n) is 5.12. The molecule has 31 heavy (non-hydrogen) atoms. The first-order valence-electron chi connectivity index (χ1n) is 9.97. The largest absolute Gasteiger partial charge is 0.338 e. The Labute approximate surface area is 177 Å². The van der Waals surface area contributed by atoms with Crippen LogP contribution in [0.2, 0.25) is 0 Å². The molecule has 0 saturated heterocycles. The predicted molar refractivity (Wildman–Crippen MR) is 118 cm³/mol. The molecule has 0 spiro atoms. The zero-order valence-electron chi connectivity index (χ0n) is 16.7. The molecule has 1 aromatic carbocycles. The van der Waals surface area contributed by atoms with Gasteiger partial charge in [-0.1, -0.05) is 12.2 Å². The maximum Gasteiger partial charge on any atom is 0.321 e. The van der Waals surface area contributed by atoms with Crippen molar-refractivity contribution >= 4 is 29.1 Å². The van der Waals surface area contributed by atoms with Crippen LogP contribution >= 0.6 is 0 Å². The lowest BCUT2D eigenvalue weighted by Crippen LogP contribution is -2.28. The highest BCUT2D eigenvalue weighted by Gasteiger charge is 2.18. The molecule has 7 nitrogen and oxygen atoms in total.